The summed E-state index contributed by atoms with van der Waals surface area (Å²) in [5.41, 5.74) is 0.950. The molecule has 1 saturated heterocycles. The van der Waals surface area contributed by atoms with Crippen molar-refractivity contribution in [2.45, 2.75) is 18.8 Å². The summed E-state index contributed by atoms with van der Waals surface area (Å²) in [4.78, 5) is 24.6. The molecule has 26 heavy (non-hydrogen) atoms. The largest absolute Gasteiger partial charge is 0.618 e. The normalized spacial score (nSPS) is 15.5. The molecule has 0 aliphatic carbocycles. The van der Waals surface area contributed by atoms with Gasteiger partial charge in [0.1, 0.15) is 0 Å². The van der Waals surface area contributed by atoms with Crippen LogP contribution in [0.2, 0.25) is 0 Å². The van der Waals surface area contributed by atoms with Crippen LogP contribution in [-0.4, -0.2) is 35.5 Å². The number of non-ortho nitro benzene ring substituents is 1. The van der Waals surface area contributed by atoms with Gasteiger partial charge in [-0.15, -0.1) is 0 Å². The molecule has 0 bridgehead atoms. The lowest BCUT2D eigenvalue weighted by Crippen LogP contribution is -2.43. The molecule has 1 amide bonds. The number of rotatable bonds is 5. The summed E-state index contributed by atoms with van der Waals surface area (Å²) in [5, 5.41) is 25.4. The van der Waals surface area contributed by atoms with Crippen molar-refractivity contribution in [1.29, 1.82) is 0 Å². The molecule has 1 aromatic carbocycles. The molecule has 1 N–H and O–H groups in total. The number of aromatic nitrogens is 1. The quantitative estimate of drug-likeness (QED) is 0.381. The first-order valence-corrected chi connectivity index (χ1v) is 8.47. The van der Waals surface area contributed by atoms with Gasteiger partial charge in [0.2, 0.25) is 0 Å². The smallest absolute Gasteiger partial charge is 0.270 e. The molecule has 0 atom stereocenters. The number of benzene rings is 1. The molecule has 1 aliphatic heterocycles. The average molecular weight is 356 g/mol. The summed E-state index contributed by atoms with van der Waals surface area (Å²) in [6, 6.07) is 11.1. The van der Waals surface area contributed by atoms with Crippen LogP contribution in [0.4, 0.5) is 5.69 Å². The third-order valence-corrected chi connectivity index (χ3v) is 4.64. The summed E-state index contributed by atoms with van der Waals surface area (Å²) in [6.45, 7) is 1.92. The Kier molecular flexibility index (Phi) is 5.43. The third-order valence-electron chi connectivity index (χ3n) is 4.64. The summed E-state index contributed by atoms with van der Waals surface area (Å²) < 4.78 is 0.921. The van der Waals surface area contributed by atoms with E-state index in [-0.39, 0.29) is 23.1 Å². The van der Waals surface area contributed by atoms with Gasteiger partial charge in [0, 0.05) is 48.8 Å². The van der Waals surface area contributed by atoms with Crippen molar-refractivity contribution in [2.24, 2.45) is 0 Å². The second-order valence-corrected chi connectivity index (χ2v) is 6.32. The first kappa shape index (κ1) is 17.8. The molecule has 2 heterocycles. The average Bonchev–Trinajstić information content (AvgIpc) is 2.67. The predicted molar refractivity (Wildman–Crippen MR) is 94.4 cm³/mol. The Hall–Kier alpha value is -3.00. The molecule has 1 fully saturated rings. The Morgan fingerprint density at radius 2 is 2.00 bits per heavy atom. The van der Waals surface area contributed by atoms with Crippen molar-refractivity contribution in [2.75, 3.05) is 19.8 Å². The minimum absolute atomic E-state index is 0.104. The lowest BCUT2D eigenvalue weighted by atomic mass is 9.93. The van der Waals surface area contributed by atoms with E-state index in [1.807, 2.05) is 12.1 Å². The van der Waals surface area contributed by atoms with Gasteiger partial charge in [-0.2, -0.15) is 4.73 Å². The van der Waals surface area contributed by atoms with Crippen LogP contribution in [0.25, 0.3) is 0 Å². The fraction of sp³-hybridized carbons (Fsp3) is 0.333. The Balaban J connectivity index is 1.51. The Morgan fingerprint density at radius 3 is 2.69 bits per heavy atom. The van der Waals surface area contributed by atoms with E-state index in [9.17, 15) is 20.1 Å². The van der Waals surface area contributed by atoms with Crippen molar-refractivity contribution in [3.05, 3.63) is 75.2 Å². The summed E-state index contributed by atoms with van der Waals surface area (Å²) in [7, 11) is 0. The molecule has 0 saturated carbocycles. The molecule has 136 valence electrons. The van der Waals surface area contributed by atoms with E-state index in [1.54, 1.807) is 12.1 Å². The van der Waals surface area contributed by atoms with Gasteiger partial charge in [-0.25, -0.2) is 0 Å². The minimum Gasteiger partial charge on any atom is -0.618 e. The molecule has 1 aromatic heterocycles. The second kappa shape index (κ2) is 7.92. The number of carbonyl (C=O) groups excluding carboxylic acids is 1. The van der Waals surface area contributed by atoms with Crippen LogP contribution >= 0.6 is 0 Å². The molecule has 1 aliphatic rings. The van der Waals surface area contributed by atoms with Crippen molar-refractivity contribution >= 4 is 11.6 Å². The van der Waals surface area contributed by atoms with Crippen LogP contribution in [0.15, 0.2) is 48.7 Å². The molecular formula is C18H20N4O4. The SMILES string of the molecule is O=C(NCN1CCC(c2cccc[n+]2[O-])CC1)c1cccc([N+](=O)[O-])c1. The number of nitrogens with one attached hydrogen (secondary N) is 1. The van der Waals surface area contributed by atoms with Crippen LogP contribution in [0.3, 0.4) is 0 Å². The lowest BCUT2D eigenvalue weighted by molar-refractivity contribution is -0.616. The Labute approximate surface area is 150 Å². The topological polar surface area (TPSA) is 102 Å². The van der Waals surface area contributed by atoms with E-state index in [1.165, 1.54) is 24.4 Å². The van der Waals surface area contributed by atoms with Gasteiger partial charge < -0.3 is 10.5 Å². The molecule has 2 aromatic rings. The Morgan fingerprint density at radius 1 is 1.23 bits per heavy atom. The van der Waals surface area contributed by atoms with Crippen LogP contribution in [0, 0.1) is 15.3 Å². The molecular weight excluding hydrogens is 336 g/mol. The maximum absolute atomic E-state index is 12.2. The maximum Gasteiger partial charge on any atom is 0.270 e. The number of hydrogen-bond acceptors (Lipinski definition) is 5. The van der Waals surface area contributed by atoms with E-state index in [2.05, 4.69) is 10.2 Å². The monoisotopic (exact) mass is 356 g/mol. The van der Waals surface area contributed by atoms with Crippen molar-refractivity contribution < 1.29 is 14.4 Å². The van der Waals surface area contributed by atoms with Gasteiger partial charge in [-0.3, -0.25) is 19.8 Å². The molecule has 8 heteroatoms. The molecule has 0 spiro atoms. The number of hydrogen-bond donors (Lipinski definition) is 1. The van der Waals surface area contributed by atoms with Crippen molar-refractivity contribution in [3.63, 3.8) is 0 Å². The first-order valence-electron chi connectivity index (χ1n) is 8.47. The number of amides is 1. The molecule has 3 rings (SSSR count). The van der Waals surface area contributed by atoms with Gasteiger partial charge in [0.05, 0.1) is 11.6 Å². The molecule has 8 nitrogen and oxygen atoms in total. The second-order valence-electron chi connectivity index (χ2n) is 6.32. The minimum atomic E-state index is -0.520. The summed E-state index contributed by atoms with van der Waals surface area (Å²) >= 11 is 0. The van der Waals surface area contributed by atoms with Gasteiger partial charge in [-0.1, -0.05) is 12.1 Å². The van der Waals surface area contributed by atoms with Gasteiger partial charge in [-0.05, 0) is 18.9 Å². The number of likely N-dealkylation sites (tertiary alicyclic amines) is 1. The van der Waals surface area contributed by atoms with Crippen LogP contribution < -0.4 is 10.0 Å². The maximum atomic E-state index is 12.2. The standard InChI is InChI=1S/C18H20N4O4/c23-18(15-4-3-5-16(12-15)22(25)26)19-13-20-10-7-14(8-11-20)17-6-1-2-9-21(17)24/h1-6,9,12,14H,7-8,10-11,13H2,(H,19,23). The fourth-order valence-corrected chi connectivity index (χ4v) is 3.19. The lowest BCUT2D eigenvalue weighted by Gasteiger charge is -2.30. The molecule has 0 unspecified atom stereocenters. The van der Waals surface area contributed by atoms with Gasteiger partial charge in [0.25, 0.3) is 11.6 Å². The zero-order valence-electron chi connectivity index (χ0n) is 14.2. The van der Waals surface area contributed by atoms with E-state index < -0.39 is 4.92 Å². The first-order chi connectivity index (χ1) is 12.5. The summed E-state index contributed by atoms with van der Waals surface area (Å²) in [6.07, 6.45) is 3.21. The van der Waals surface area contributed by atoms with Gasteiger partial charge >= 0.3 is 0 Å². The zero-order chi connectivity index (χ0) is 18.5. The Bertz CT molecular complexity index is 803. The van der Waals surface area contributed by atoms with Crippen LogP contribution in [-0.2, 0) is 0 Å². The third kappa shape index (κ3) is 4.15. The number of carbonyl (C=O) groups is 1. The van der Waals surface area contributed by atoms with Gasteiger partial charge in [0.15, 0.2) is 11.9 Å². The van der Waals surface area contributed by atoms with Crippen molar-refractivity contribution in [3.8, 4) is 0 Å². The number of nitrogens with zero attached hydrogens (tertiary/aromatic N) is 3. The van der Waals surface area contributed by atoms with Crippen molar-refractivity contribution in [1.82, 2.24) is 10.2 Å². The van der Waals surface area contributed by atoms with E-state index in [4.69, 9.17) is 0 Å². The molecule has 0 radical (unpaired) electrons. The van der Waals surface area contributed by atoms with Crippen LogP contribution in [0.5, 0.6) is 0 Å². The number of nitro groups is 1. The number of nitro benzene ring substituents is 1. The highest BCUT2D eigenvalue weighted by atomic mass is 16.6. The fourth-order valence-electron chi connectivity index (χ4n) is 3.19. The van der Waals surface area contributed by atoms with E-state index >= 15 is 0 Å². The number of pyridine rings is 1. The number of piperidine rings is 1. The predicted octanol–water partition coefficient (Wildman–Crippen LogP) is 1.80. The van der Waals surface area contributed by atoms with Crippen LogP contribution in [0.1, 0.15) is 34.8 Å². The highest BCUT2D eigenvalue weighted by Crippen LogP contribution is 2.25. The highest BCUT2D eigenvalue weighted by Gasteiger charge is 2.25. The summed E-state index contributed by atoms with van der Waals surface area (Å²) in [5.74, 6) is -0.117. The van der Waals surface area contributed by atoms with E-state index in [0.717, 1.165) is 36.4 Å². The zero-order valence-corrected chi connectivity index (χ0v) is 14.2. The highest BCUT2D eigenvalue weighted by molar-refractivity contribution is 5.94. The van der Waals surface area contributed by atoms with E-state index in [0.29, 0.717) is 6.67 Å².